The number of nitrogens with zero attached hydrogens (tertiary/aromatic N) is 1. The monoisotopic (exact) mass is 354 g/mol. The van der Waals surface area contributed by atoms with Gasteiger partial charge in [-0.15, -0.1) is 11.8 Å². The highest BCUT2D eigenvalue weighted by molar-refractivity contribution is 7.98. The van der Waals surface area contributed by atoms with Crippen LogP contribution in [0.4, 0.5) is 0 Å². The molecule has 0 atom stereocenters. The number of pyridine rings is 2. The van der Waals surface area contributed by atoms with E-state index in [2.05, 4.69) is 9.97 Å². The maximum atomic E-state index is 12.8. The zero-order chi connectivity index (χ0) is 17.8. The van der Waals surface area contributed by atoms with Crippen LogP contribution in [0.2, 0.25) is 0 Å². The Hall–Kier alpha value is -2.73. The predicted molar refractivity (Wildman–Crippen MR) is 101 cm³/mol. The molecule has 1 N–H and O–H groups in total. The number of nitrogens with one attached hydrogen (secondary N) is 1. The summed E-state index contributed by atoms with van der Waals surface area (Å²) in [6.07, 6.45) is 3.65. The van der Waals surface area contributed by atoms with E-state index in [1.807, 2.05) is 42.7 Å². The highest BCUT2D eigenvalue weighted by atomic mass is 32.2. The lowest BCUT2D eigenvalue weighted by atomic mass is 10.1. The molecule has 1 aromatic carbocycles. The maximum Gasteiger partial charge on any atom is 0.257 e. The van der Waals surface area contributed by atoms with Crippen LogP contribution in [0, 0.1) is 0 Å². The minimum atomic E-state index is -0.167. The van der Waals surface area contributed by atoms with Crippen molar-refractivity contribution < 1.29 is 9.47 Å². The van der Waals surface area contributed by atoms with E-state index < -0.39 is 0 Å². The van der Waals surface area contributed by atoms with Gasteiger partial charge in [-0.25, -0.2) is 0 Å². The van der Waals surface area contributed by atoms with E-state index in [4.69, 9.17) is 9.47 Å². The Morgan fingerprint density at radius 3 is 2.48 bits per heavy atom. The van der Waals surface area contributed by atoms with Gasteiger partial charge >= 0.3 is 0 Å². The largest absolute Gasteiger partial charge is 0.493 e. The van der Waals surface area contributed by atoms with E-state index in [1.54, 1.807) is 26.5 Å². The third kappa shape index (κ3) is 3.39. The van der Waals surface area contributed by atoms with Crippen molar-refractivity contribution in [2.45, 2.75) is 4.90 Å². The molecular weight excluding hydrogens is 336 g/mol. The minimum Gasteiger partial charge on any atom is -0.493 e. The third-order valence-corrected chi connectivity index (χ3v) is 4.59. The first-order chi connectivity index (χ1) is 12.2. The fraction of sp³-hybridized carbons (Fsp3) is 0.158. The van der Waals surface area contributed by atoms with Gasteiger partial charge in [0, 0.05) is 11.1 Å². The first-order valence-corrected chi connectivity index (χ1v) is 8.85. The van der Waals surface area contributed by atoms with E-state index in [-0.39, 0.29) is 5.56 Å². The van der Waals surface area contributed by atoms with Crippen molar-refractivity contribution >= 4 is 11.8 Å². The summed E-state index contributed by atoms with van der Waals surface area (Å²) in [5, 5.41) is 0. The SMILES string of the molecule is COc1ccc(-c2c(SC)cc(-c3ccccn3)[nH]c2=O)cc1OC. The highest BCUT2D eigenvalue weighted by Crippen LogP contribution is 2.35. The second-order valence-electron chi connectivity index (χ2n) is 5.24. The van der Waals surface area contributed by atoms with Gasteiger partial charge in [0.05, 0.1) is 31.2 Å². The van der Waals surface area contributed by atoms with Gasteiger partial charge < -0.3 is 14.5 Å². The number of hydrogen-bond donors (Lipinski definition) is 1. The average Bonchev–Trinajstić information content (AvgIpc) is 2.67. The molecule has 3 aromatic rings. The number of ether oxygens (including phenoxy) is 2. The maximum absolute atomic E-state index is 12.8. The number of methoxy groups -OCH3 is 2. The number of hydrogen-bond acceptors (Lipinski definition) is 5. The third-order valence-electron chi connectivity index (χ3n) is 3.83. The molecule has 25 heavy (non-hydrogen) atoms. The Morgan fingerprint density at radius 2 is 1.84 bits per heavy atom. The molecule has 0 saturated carbocycles. The van der Waals surface area contributed by atoms with Gasteiger partial charge in [-0.2, -0.15) is 0 Å². The molecule has 6 heteroatoms. The summed E-state index contributed by atoms with van der Waals surface area (Å²) < 4.78 is 10.6. The van der Waals surface area contributed by atoms with Crippen LogP contribution < -0.4 is 15.0 Å². The highest BCUT2D eigenvalue weighted by Gasteiger charge is 2.15. The summed E-state index contributed by atoms with van der Waals surface area (Å²) in [4.78, 5) is 20.9. The Labute approximate surface area is 150 Å². The first kappa shape index (κ1) is 17.1. The van der Waals surface area contributed by atoms with Gasteiger partial charge in [-0.05, 0) is 42.2 Å². The van der Waals surface area contributed by atoms with Crippen LogP contribution in [0.5, 0.6) is 11.5 Å². The van der Waals surface area contributed by atoms with E-state index >= 15 is 0 Å². The van der Waals surface area contributed by atoms with Crippen LogP contribution in [0.25, 0.3) is 22.5 Å². The molecule has 0 bridgehead atoms. The zero-order valence-electron chi connectivity index (χ0n) is 14.2. The summed E-state index contributed by atoms with van der Waals surface area (Å²) in [5.74, 6) is 1.21. The van der Waals surface area contributed by atoms with E-state index in [0.29, 0.717) is 22.8 Å². The molecule has 0 aliphatic rings. The Morgan fingerprint density at radius 1 is 1.04 bits per heavy atom. The molecule has 2 aromatic heterocycles. The van der Waals surface area contributed by atoms with Crippen LogP contribution in [-0.2, 0) is 0 Å². The van der Waals surface area contributed by atoms with Crippen LogP contribution in [0.15, 0.2) is 58.4 Å². The molecule has 5 nitrogen and oxygen atoms in total. The van der Waals surface area contributed by atoms with Crippen molar-refractivity contribution in [3.05, 3.63) is 59.0 Å². The number of aromatic amines is 1. The minimum absolute atomic E-state index is 0.167. The number of rotatable bonds is 5. The quantitative estimate of drug-likeness (QED) is 0.705. The Balaban J connectivity index is 2.16. The molecule has 0 aliphatic heterocycles. The molecule has 0 aliphatic carbocycles. The van der Waals surface area contributed by atoms with Crippen LogP contribution in [0.1, 0.15) is 0 Å². The van der Waals surface area contributed by atoms with Crippen LogP contribution >= 0.6 is 11.8 Å². The van der Waals surface area contributed by atoms with Gasteiger partial charge in [-0.1, -0.05) is 12.1 Å². The molecule has 0 spiro atoms. The molecule has 0 fully saturated rings. The number of H-pyrrole nitrogens is 1. The molecule has 0 unspecified atom stereocenters. The first-order valence-electron chi connectivity index (χ1n) is 7.63. The number of thioether (sulfide) groups is 1. The standard InChI is InChI=1S/C19H18N2O3S/c1-23-15-8-7-12(10-16(15)24-2)18-17(25-3)11-14(21-19(18)22)13-6-4-5-9-20-13/h4-11H,1-3H3,(H,21,22). The summed E-state index contributed by atoms with van der Waals surface area (Å²) >= 11 is 1.52. The van der Waals surface area contributed by atoms with E-state index in [0.717, 1.165) is 16.2 Å². The van der Waals surface area contributed by atoms with Crippen molar-refractivity contribution in [2.75, 3.05) is 20.5 Å². The van der Waals surface area contributed by atoms with Crippen LogP contribution in [0.3, 0.4) is 0 Å². The molecule has 0 amide bonds. The van der Waals surface area contributed by atoms with E-state index in [1.165, 1.54) is 11.8 Å². The van der Waals surface area contributed by atoms with Crippen molar-refractivity contribution in [3.8, 4) is 34.0 Å². The number of aromatic nitrogens is 2. The lowest BCUT2D eigenvalue weighted by Crippen LogP contribution is -2.12. The smallest absolute Gasteiger partial charge is 0.257 e. The van der Waals surface area contributed by atoms with Gasteiger partial charge in [-0.3, -0.25) is 9.78 Å². The van der Waals surface area contributed by atoms with Crippen LogP contribution in [-0.4, -0.2) is 30.4 Å². The second-order valence-corrected chi connectivity index (χ2v) is 6.09. The van der Waals surface area contributed by atoms with E-state index in [9.17, 15) is 4.79 Å². The van der Waals surface area contributed by atoms with Crippen molar-refractivity contribution in [1.82, 2.24) is 9.97 Å². The summed E-state index contributed by atoms with van der Waals surface area (Å²) in [5.41, 5.74) is 2.64. The molecular formula is C19H18N2O3S. The fourth-order valence-corrected chi connectivity index (χ4v) is 3.27. The topological polar surface area (TPSA) is 64.2 Å². The molecule has 2 heterocycles. The predicted octanol–water partition coefficient (Wildman–Crippen LogP) is 3.84. The molecule has 128 valence electrons. The Bertz CT molecular complexity index is 939. The van der Waals surface area contributed by atoms with Crippen molar-refractivity contribution in [3.63, 3.8) is 0 Å². The van der Waals surface area contributed by atoms with Crippen molar-refractivity contribution in [1.29, 1.82) is 0 Å². The lowest BCUT2D eigenvalue weighted by Gasteiger charge is -2.12. The molecule has 0 saturated heterocycles. The number of benzene rings is 1. The average molecular weight is 354 g/mol. The Kier molecular flexibility index (Phi) is 5.09. The van der Waals surface area contributed by atoms with Gasteiger partial charge in [0.25, 0.3) is 5.56 Å². The molecule has 3 rings (SSSR count). The molecule has 0 radical (unpaired) electrons. The zero-order valence-corrected chi connectivity index (χ0v) is 15.0. The fourth-order valence-electron chi connectivity index (χ4n) is 2.62. The van der Waals surface area contributed by atoms with Gasteiger partial charge in [0.1, 0.15) is 0 Å². The lowest BCUT2D eigenvalue weighted by molar-refractivity contribution is 0.355. The summed E-state index contributed by atoms with van der Waals surface area (Å²) in [6, 6.07) is 13.0. The summed E-state index contributed by atoms with van der Waals surface area (Å²) in [6.45, 7) is 0. The normalized spacial score (nSPS) is 10.5. The van der Waals surface area contributed by atoms with Gasteiger partial charge in [0.2, 0.25) is 0 Å². The van der Waals surface area contributed by atoms with Gasteiger partial charge in [0.15, 0.2) is 11.5 Å². The summed E-state index contributed by atoms with van der Waals surface area (Å²) in [7, 11) is 3.16. The van der Waals surface area contributed by atoms with Crippen molar-refractivity contribution in [2.24, 2.45) is 0 Å². The second kappa shape index (κ2) is 7.44.